The van der Waals surface area contributed by atoms with Crippen molar-refractivity contribution in [3.05, 3.63) is 60.6 Å². The molecular weight excluding hydrogens is 324 g/mol. The SMILES string of the molecule is CC(C)(C)c1cc(-c2cncc(-c3cc(-c4ccccc4)n[nH]3)n2)n[nH]1. The van der Waals surface area contributed by atoms with Gasteiger partial charge in [0.25, 0.3) is 0 Å². The fourth-order valence-corrected chi connectivity index (χ4v) is 2.67. The van der Waals surface area contributed by atoms with Gasteiger partial charge < -0.3 is 0 Å². The third-order valence-corrected chi connectivity index (χ3v) is 4.21. The molecule has 6 nitrogen and oxygen atoms in total. The first kappa shape index (κ1) is 16.2. The molecule has 2 N–H and O–H groups in total. The Balaban J connectivity index is 1.66. The molecule has 0 aliphatic carbocycles. The second-order valence-electron chi connectivity index (χ2n) is 7.24. The Bertz CT molecular complexity index is 1020. The van der Waals surface area contributed by atoms with Gasteiger partial charge in [-0.25, -0.2) is 4.98 Å². The maximum atomic E-state index is 4.70. The van der Waals surface area contributed by atoms with Gasteiger partial charge in [0, 0.05) is 16.7 Å². The molecule has 26 heavy (non-hydrogen) atoms. The van der Waals surface area contributed by atoms with Crippen LogP contribution < -0.4 is 0 Å². The van der Waals surface area contributed by atoms with Crippen molar-refractivity contribution in [1.29, 1.82) is 0 Å². The molecule has 4 aromatic rings. The number of aromatic nitrogens is 6. The number of aromatic amines is 2. The summed E-state index contributed by atoms with van der Waals surface area (Å²) in [7, 11) is 0. The highest BCUT2D eigenvalue weighted by atomic mass is 15.1. The molecule has 0 fully saturated rings. The largest absolute Gasteiger partial charge is 0.281 e. The Hall–Kier alpha value is -3.28. The summed E-state index contributed by atoms with van der Waals surface area (Å²) in [5.41, 5.74) is 6.07. The summed E-state index contributed by atoms with van der Waals surface area (Å²) < 4.78 is 0. The normalized spacial score (nSPS) is 11.7. The molecule has 0 amide bonds. The standard InChI is InChI=1S/C20H20N6/c1-20(2,3)19-10-16(25-26-19)18-12-21-11-17(22-18)15-9-14(23-24-15)13-7-5-4-6-8-13/h4-12H,1-3H3,(H,23,24)(H,25,26). The van der Waals surface area contributed by atoms with Crippen molar-refractivity contribution in [3.63, 3.8) is 0 Å². The van der Waals surface area contributed by atoms with Crippen molar-refractivity contribution in [2.75, 3.05) is 0 Å². The van der Waals surface area contributed by atoms with Crippen molar-refractivity contribution in [2.24, 2.45) is 0 Å². The van der Waals surface area contributed by atoms with E-state index in [0.717, 1.165) is 39.7 Å². The highest BCUT2D eigenvalue weighted by molar-refractivity contribution is 5.67. The van der Waals surface area contributed by atoms with Gasteiger partial charge in [-0.2, -0.15) is 10.2 Å². The molecule has 6 heteroatoms. The van der Waals surface area contributed by atoms with Crippen LogP contribution in [-0.2, 0) is 5.41 Å². The first-order valence-corrected chi connectivity index (χ1v) is 8.50. The predicted molar refractivity (Wildman–Crippen MR) is 101 cm³/mol. The van der Waals surface area contributed by atoms with E-state index in [1.54, 1.807) is 12.4 Å². The van der Waals surface area contributed by atoms with Crippen LogP contribution in [0.5, 0.6) is 0 Å². The summed E-state index contributed by atoms with van der Waals surface area (Å²) in [5, 5.41) is 14.9. The van der Waals surface area contributed by atoms with Gasteiger partial charge in [-0.15, -0.1) is 0 Å². The molecule has 130 valence electrons. The van der Waals surface area contributed by atoms with Crippen molar-refractivity contribution in [2.45, 2.75) is 26.2 Å². The molecule has 0 saturated carbocycles. The van der Waals surface area contributed by atoms with E-state index >= 15 is 0 Å². The smallest absolute Gasteiger partial charge is 0.112 e. The minimum Gasteiger partial charge on any atom is -0.281 e. The van der Waals surface area contributed by atoms with Crippen LogP contribution in [0.3, 0.4) is 0 Å². The van der Waals surface area contributed by atoms with E-state index in [-0.39, 0.29) is 5.41 Å². The highest BCUT2D eigenvalue weighted by Crippen LogP contribution is 2.26. The van der Waals surface area contributed by atoms with Crippen LogP contribution >= 0.6 is 0 Å². The number of hydrogen-bond donors (Lipinski definition) is 2. The first-order valence-electron chi connectivity index (χ1n) is 8.50. The third kappa shape index (κ3) is 3.13. The lowest BCUT2D eigenvalue weighted by atomic mass is 9.92. The summed E-state index contributed by atoms with van der Waals surface area (Å²) in [4.78, 5) is 9.03. The zero-order chi connectivity index (χ0) is 18.1. The number of hydrogen-bond acceptors (Lipinski definition) is 4. The first-order chi connectivity index (χ1) is 12.5. The fourth-order valence-electron chi connectivity index (χ4n) is 2.67. The van der Waals surface area contributed by atoms with Gasteiger partial charge in [-0.3, -0.25) is 15.2 Å². The lowest BCUT2D eigenvalue weighted by Crippen LogP contribution is -2.11. The molecule has 0 bridgehead atoms. The van der Waals surface area contributed by atoms with Crippen molar-refractivity contribution in [1.82, 2.24) is 30.4 Å². The summed E-state index contributed by atoms with van der Waals surface area (Å²) in [5.74, 6) is 0. The average Bonchev–Trinajstić information content (AvgIpc) is 3.32. The molecule has 0 aliphatic rings. The topological polar surface area (TPSA) is 83.1 Å². The summed E-state index contributed by atoms with van der Waals surface area (Å²) in [6.07, 6.45) is 3.45. The minimum absolute atomic E-state index is 0.00422. The summed E-state index contributed by atoms with van der Waals surface area (Å²) in [6.45, 7) is 6.42. The molecule has 3 aromatic heterocycles. The van der Waals surface area contributed by atoms with Crippen LogP contribution in [-0.4, -0.2) is 30.4 Å². The van der Waals surface area contributed by atoms with Gasteiger partial charge in [0.2, 0.25) is 0 Å². The Kier molecular flexibility index (Phi) is 3.88. The third-order valence-electron chi connectivity index (χ3n) is 4.21. The number of nitrogens with one attached hydrogen (secondary N) is 2. The number of nitrogens with zero attached hydrogens (tertiary/aromatic N) is 4. The number of benzene rings is 1. The van der Waals surface area contributed by atoms with Crippen LogP contribution in [0.25, 0.3) is 34.0 Å². The maximum absolute atomic E-state index is 4.70. The van der Waals surface area contributed by atoms with Crippen molar-refractivity contribution in [3.8, 4) is 34.0 Å². The fraction of sp³-hybridized carbons (Fsp3) is 0.200. The van der Waals surface area contributed by atoms with E-state index in [4.69, 9.17) is 4.98 Å². The van der Waals surface area contributed by atoms with E-state index in [2.05, 4.69) is 46.1 Å². The van der Waals surface area contributed by atoms with Crippen LogP contribution in [0.4, 0.5) is 0 Å². The summed E-state index contributed by atoms with van der Waals surface area (Å²) >= 11 is 0. The molecule has 0 spiro atoms. The monoisotopic (exact) mass is 344 g/mol. The van der Waals surface area contributed by atoms with Crippen LogP contribution in [0, 0.1) is 0 Å². The van der Waals surface area contributed by atoms with Crippen LogP contribution in [0.15, 0.2) is 54.9 Å². The van der Waals surface area contributed by atoms with Crippen LogP contribution in [0.1, 0.15) is 26.5 Å². The molecular formula is C20H20N6. The highest BCUT2D eigenvalue weighted by Gasteiger charge is 2.18. The molecule has 0 unspecified atom stereocenters. The van der Waals surface area contributed by atoms with E-state index in [1.807, 2.05) is 42.5 Å². The Morgan fingerprint density at radius 3 is 2.23 bits per heavy atom. The van der Waals surface area contributed by atoms with Crippen molar-refractivity contribution < 1.29 is 0 Å². The Labute approximate surface area is 151 Å². The van der Waals surface area contributed by atoms with E-state index in [0.29, 0.717) is 0 Å². The molecule has 3 heterocycles. The van der Waals surface area contributed by atoms with Gasteiger partial charge in [0.1, 0.15) is 17.1 Å². The molecule has 0 aliphatic heterocycles. The second kappa shape index (κ2) is 6.22. The quantitative estimate of drug-likeness (QED) is 0.583. The molecule has 0 saturated heterocycles. The zero-order valence-electron chi connectivity index (χ0n) is 15.0. The van der Waals surface area contributed by atoms with E-state index in [1.165, 1.54) is 0 Å². The van der Waals surface area contributed by atoms with E-state index in [9.17, 15) is 0 Å². The molecule has 1 aromatic carbocycles. The number of H-pyrrole nitrogens is 2. The van der Waals surface area contributed by atoms with Crippen LogP contribution in [0.2, 0.25) is 0 Å². The zero-order valence-corrected chi connectivity index (χ0v) is 15.0. The lowest BCUT2D eigenvalue weighted by Gasteiger charge is -2.14. The Morgan fingerprint density at radius 1 is 0.769 bits per heavy atom. The average molecular weight is 344 g/mol. The minimum atomic E-state index is 0.00422. The predicted octanol–water partition coefficient (Wildman–Crippen LogP) is 4.22. The van der Waals surface area contributed by atoms with Gasteiger partial charge in [-0.05, 0) is 12.1 Å². The molecule has 4 rings (SSSR count). The Morgan fingerprint density at radius 2 is 1.50 bits per heavy atom. The maximum Gasteiger partial charge on any atom is 0.112 e. The van der Waals surface area contributed by atoms with Gasteiger partial charge in [0.05, 0.1) is 23.8 Å². The molecule has 0 atom stereocenters. The lowest BCUT2D eigenvalue weighted by molar-refractivity contribution is 0.567. The summed E-state index contributed by atoms with van der Waals surface area (Å²) in [6, 6.07) is 14.0. The van der Waals surface area contributed by atoms with Gasteiger partial charge in [-0.1, -0.05) is 51.1 Å². The number of rotatable bonds is 3. The van der Waals surface area contributed by atoms with Gasteiger partial charge in [0.15, 0.2) is 0 Å². The molecule has 0 radical (unpaired) electrons. The second-order valence-corrected chi connectivity index (χ2v) is 7.24. The van der Waals surface area contributed by atoms with Crippen molar-refractivity contribution >= 4 is 0 Å². The van der Waals surface area contributed by atoms with E-state index < -0.39 is 0 Å². The van der Waals surface area contributed by atoms with Gasteiger partial charge >= 0.3 is 0 Å².